The summed E-state index contributed by atoms with van der Waals surface area (Å²) in [6.45, 7) is 0.350. The number of ether oxygens (including phenoxy) is 1. The van der Waals surface area contributed by atoms with E-state index >= 15 is 0 Å². The summed E-state index contributed by atoms with van der Waals surface area (Å²) < 4.78 is 16.0. The van der Waals surface area contributed by atoms with Gasteiger partial charge < -0.3 is 18.9 Å². The molecule has 124 valence electrons. The third-order valence-electron chi connectivity index (χ3n) is 3.11. The lowest BCUT2D eigenvalue weighted by molar-refractivity contribution is -0.118. The van der Waals surface area contributed by atoms with Gasteiger partial charge in [0.1, 0.15) is 11.5 Å². The zero-order valence-corrected chi connectivity index (χ0v) is 13.7. The van der Waals surface area contributed by atoms with Crippen molar-refractivity contribution in [3.05, 3.63) is 48.4 Å². The van der Waals surface area contributed by atoms with E-state index < -0.39 is 0 Å². The molecule has 1 amide bonds. The third-order valence-corrected chi connectivity index (χ3v) is 3.93. The number of carbonyl (C=O) groups is 1. The van der Waals surface area contributed by atoms with Crippen LogP contribution in [0.25, 0.3) is 11.5 Å². The Labute approximate surface area is 142 Å². The van der Waals surface area contributed by atoms with Gasteiger partial charge in [-0.2, -0.15) is 0 Å². The van der Waals surface area contributed by atoms with Gasteiger partial charge in [-0.15, -0.1) is 10.2 Å². The molecule has 0 unspecified atom stereocenters. The smallest absolute Gasteiger partial charge is 0.277 e. The Morgan fingerprint density at radius 2 is 2.12 bits per heavy atom. The van der Waals surface area contributed by atoms with Crippen LogP contribution in [0, 0.1) is 0 Å². The molecule has 1 N–H and O–H groups in total. The van der Waals surface area contributed by atoms with Crippen molar-refractivity contribution < 1.29 is 18.4 Å². The molecule has 0 spiro atoms. The normalized spacial score (nSPS) is 10.5. The molecule has 0 aliphatic rings. The SMILES string of the molecule is COc1ccccc1-c1nnc(SCC(=O)NCc2ccco2)o1. The minimum atomic E-state index is -0.145. The number of hydrogen-bond donors (Lipinski definition) is 1. The van der Waals surface area contributed by atoms with Crippen LogP contribution in [0.2, 0.25) is 0 Å². The molecule has 2 aromatic heterocycles. The van der Waals surface area contributed by atoms with Gasteiger partial charge in [0.2, 0.25) is 5.91 Å². The highest BCUT2D eigenvalue weighted by Crippen LogP contribution is 2.30. The van der Waals surface area contributed by atoms with Crippen LogP contribution in [0.1, 0.15) is 5.76 Å². The maximum absolute atomic E-state index is 11.8. The van der Waals surface area contributed by atoms with Gasteiger partial charge in [-0.05, 0) is 24.3 Å². The van der Waals surface area contributed by atoms with Crippen molar-refractivity contribution in [1.82, 2.24) is 15.5 Å². The van der Waals surface area contributed by atoms with Gasteiger partial charge in [0.15, 0.2) is 0 Å². The largest absolute Gasteiger partial charge is 0.496 e. The van der Waals surface area contributed by atoms with E-state index in [0.29, 0.717) is 34.7 Å². The molecule has 24 heavy (non-hydrogen) atoms. The average Bonchev–Trinajstić information content (AvgIpc) is 3.29. The van der Waals surface area contributed by atoms with Gasteiger partial charge in [-0.1, -0.05) is 23.9 Å². The van der Waals surface area contributed by atoms with Crippen LogP contribution in [-0.2, 0) is 11.3 Å². The fraction of sp³-hybridized carbons (Fsp3) is 0.188. The molecule has 2 heterocycles. The molecule has 0 saturated carbocycles. The van der Waals surface area contributed by atoms with Crippen molar-refractivity contribution in [3.63, 3.8) is 0 Å². The Balaban J connectivity index is 1.55. The molecule has 8 heteroatoms. The summed E-state index contributed by atoms with van der Waals surface area (Å²) in [5, 5.41) is 11.0. The second kappa shape index (κ2) is 7.69. The maximum Gasteiger partial charge on any atom is 0.277 e. The molecule has 3 rings (SSSR count). The highest BCUT2D eigenvalue weighted by atomic mass is 32.2. The van der Waals surface area contributed by atoms with Crippen LogP contribution >= 0.6 is 11.8 Å². The predicted octanol–water partition coefficient (Wildman–Crippen LogP) is 2.75. The number of thioether (sulfide) groups is 1. The number of carbonyl (C=O) groups excluding carboxylic acids is 1. The molecule has 1 aromatic carbocycles. The molecule has 0 radical (unpaired) electrons. The van der Waals surface area contributed by atoms with Crippen LogP contribution in [0.4, 0.5) is 0 Å². The van der Waals surface area contributed by atoms with Crippen molar-refractivity contribution in [2.75, 3.05) is 12.9 Å². The molecule has 0 atom stereocenters. The lowest BCUT2D eigenvalue weighted by Crippen LogP contribution is -2.24. The first-order chi connectivity index (χ1) is 11.8. The second-order valence-corrected chi connectivity index (χ2v) is 5.64. The number of amides is 1. The van der Waals surface area contributed by atoms with Crippen LogP contribution in [0.3, 0.4) is 0 Å². The van der Waals surface area contributed by atoms with E-state index in [1.54, 1.807) is 25.5 Å². The minimum Gasteiger partial charge on any atom is -0.496 e. The number of nitrogens with zero attached hydrogens (tertiary/aromatic N) is 2. The molecule has 0 fully saturated rings. The molecule has 3 aromatic rings. The number of para-hydroxylation sites is 1. The Morgan fingerprint density at radius 3 is 2.92 bits per heavy atom. The van der Waals surface area contributed by atoms with Gasteiger partial charge in [-0.3, -0.25) is 4.79 Å². The number of furan rings is 1. The zero-order chi connectivity index (χ0) is 16.8. The van der Waals surface area contributed by atoms with Crippen LogP contribution in [0.5, 0.6) is 5.75 Å². The summed E-state index contributed by atoms with van der Waals surface area (Å²) in [6, 6.07) is 10.9. The Hall–Kier alpha value is -2.74. The summed E-state index contributed by atoms with van der Waals surface area (Å²) in [7, 11) is 1.58. The second-order valence-electron chi connectivity index (χ2n) is 4.72. The first-order valence-electron chi connectivity index (χ1n) is 7.15. The van der Waals surface area contributed by atoms with Gasteiger partial charge in [-0.25, -0.2) is 0 Å². The number of benzene rings is 1. The third kappa shape index (κ3) is 3.96. The summed E-state index contributed by atoms with van der Waals surface area (Å²) in [5.41, 5.74) is 0.710. The highest BCUT2D eigenvalue weighted by molar-refractivity contribution is 7.99. The fourth-order valence-corrected chi connectivity index (χ4v) is 2.57. The topological polar surface area (TPSA) is 90.4 Å². The number of nitrogens with one attached hydrogen (secondary N) is 1. The minimum absolute atomic E-state index is 0.145. The van der Waals surface area contributed by atoms with E-state index in [-0.39, 0.29) is 11.7 Å². The summed E-state index contributed by atoms with van der Waals surface area (Å²) in [6.07, 6.45) is 1.56. The quantitative estimate of drug-likeness (QED) is 0.658. The van der Waals surface area contributed by atoms with Crippen molar-refractivity contribution in [1.29, 1.82) is 0 Å². The molecule has 0 bridgehead atoms. The Morgan fingerprint density at radius 1 is 1.25 bits per heavy atom. The van der Waals surface area contributed by atoms with E-state index in [1.165, 1.54) is 11.8 Å². The van der Waals surface area contributed by atoms with Gasteiger partial charge >= 0.3 is 0 Å². The van der Waals surface area contributed by atoms with E-state index in [1.807, 2.05) is 24.3 Å². The van der Waals surface area contributed by atoms with Crippen molar-refractivity contribution in [3.8, 4) is 17.2 Å². The first kappa shape index (κ1) is 16.1. The van der Waals surface area contributed by atoms with Crippen molar-refractivity contribution in [2.24, 2.45) is 0 Å². The van der Waals surface area contributed by atoms with E-state index in [2.05, 4.69) is 15.5 Å². The molecule has 0 saturated heterocycles. The van der Waals surface area contributed by atoms with E-state index in [0.717, 1.165) is 0 Å². The summed E-state index contributed by atoms with van der Waals surface area (Å²) in [5.74, 6) is 1.73. The van der Waals surface area contributed by atoms with Crippen LogP contribution in [0.15, 0.2) is 56.7 Å². The van der Waals surface area contributed by atoms with Gasteiger partial charge in [0.25, 0.3) is 11.1 Å². The standard InChI is InChI=1S/C16H15N3O4S/c1-21-13-7-3-2-6-12(13)15-18-19-16(23-15)24-10-14(20)17-9-11-5-4-8-22-11/h2-8H,9-10H2,1H3,(H,17,20). The fourth-order valence-electron chi connectivity index (χ4n) is 1.98. The van der Waals surface area contributed by atoms with Crippen molar-refractivity contribution in [2.45, 2.75) is 11.8 Å². The maximum atomic E-state index is 11.8. The summed E-state index contributed by atoms with van der Waals surface area (Å²) in [4.78, 5) is 11.8. The van der Waals surface area contributed by atoms with Crippen LogP contribution < -0.4 is 10.1 Å². The summed E-state index contributed by atoms with van der Waals surface area (Å²) >= 11 is 1.17. The number of rotatable bonds is 7. The highest BCUT2D eigenvalue weighted by Gasteiger charge is 2.14. The van der Waals surface area contributed by atoms with Gasteiger partial charge in [0, 0.05) is 0 Å². The monoisotopic (exact) mass is 345 g/mol. The molecule has 7 nitrogen and oxygen atoms in total. The molecule has 0 aliphatic heterocycles. The lowest BCUT2D eigenvalue weighted by Gasteiger charge is -2.03. The Bertz CT molecular complexity index is 801. The number of hydrogen-bond acceptors (Lipinski definition) is 7. The van der Waals surface area contributed by atoms with E-state index in [4.69, 9.17) is 13.6 Å². The van der Waals surface area contributed by atoms with Gasteiger partial charge in [0.05, 0.1) is 31.2 Å². The first-order valence-corrected chi connectivity index (χ1v) is 8.13. The zero-order valence-electron chi connectivity index (χ0n) is 12.9. The molecule has 0 aliphatic carbocycles. The molecular weight excluding hydrogens is 330 g/mol. The average molecular weight is 345 g/mol. The van der Waals surface area contributed by atoms with Crippen molar-refractivity contribution >= 4 is 17.7 Å². The van der Waals surface area contributed by atoms with Crippen LogP contribution in [-0.4, -0.2) is 29.0 Å². The van der Waals surface area contributed by atoms with E-state index in [9.17, 15) is 4.79 Å². The predicted molar refractivity (Wildman–Crippen MR) is 87.6 cm³/mol. The number of methoxy groups -OCH3 is 1. The Kier molecular flexibility index (Phi) is 5.17. The number of aromatic nitrogens is 2. The molecular formula is C16H15N3O4S. The lowest BCUT2D eigenvalue weighted by atomic mass is 10.2.